The van der Waals surface area contributed by atoms with Crippen LogP contribution in [0.4, 0.5) is 13.2 Å². The summed E-state index contributed by atoms with van der Waals surface area (Å²) in [5.74, 6) is 0.213. The molecule has 24 heavy (non-hydrogen) atoms. The lowest BCUT2D eigenvalue weighted by molar-refractivity contribution is -0.141. The third-order valence-corrected chi connectivity index (χ3v) is 3.59. The number of nitrogens with one attached hydrogen (secondary N) is 1. The van der Waals surface area contributed by atoms with Gasteiger partial charge in [0.05, 0.1) is 18.8 Å². The normalized spacial score (nSPS) is 14.2. The van der Waals surface area contributed by atoms with Crippen LogP contribution >= 0.6 is 0 Å². The number of alkyl halides is 3. The number of amides is 1. The predicted octanol–water partition coefficient (Wildman–Crippen LogP) is 1.51. The SMILES string of the molecule is Cc1cc(C(F)(F)F)nn1CC(=O)NCc1cc2n(n1)CCCO2. The number of fused-ring (bicyclic) bond motifs is 1. The number of ether oxygens (including phenoxy) is 1. The Kier molecular flexibility index (Phi) is 4.20. The van der Waals surface area contributed by atoms with Gasteiger partial charge >= 0.3 is 6.18 Å². The van der Waals surface area contributed by atoms with Crippen molar-refractivity contribution in [3.63, 3.8) is 0 Å². The van der Waals surface area contributed by atoms with Gasteiger partial charge in [-0.05, 0) is 13.0 Å². The molecule has 3 heterocycles. The first-order valence-electron chi connectivity index (χ1n) is 7.41. The van der Waals surface area contributed by atoms with Crippen LogP contribution in [0.3, 0.4) is 0 Å². The zero-order chi connectivity index (χ0) is 17.3. The first kappa shape index (κ1) is 16.3. The third kappa shape index (κ3) is 3.52. The lowest BCUT2D eigenvalue weighted by Gasteiger charge is -2.13. The lowest BCUT2D eigenvalue weighted by atomic mass is 10.3. The molecule has 2 aromatic rings. The highest BCUT2D eigenvalue weighted by molar-refractivity contribution is 5.75. The molecule has 0 spiro atoms. The highest BCUT2D eigenvalue weighted by Gasteiger charge is 2.34. The molecule has 0 aromatic carbocycles. The maximum absolute atomic E-state index is 12.6. The summed E-state index contributed by atoms with van der Waals surface area (Å²) in [5.41, 5.74) is -0.108. The fraction of sp³-hybridized carbons (Fsp3) is 0.500. The van der Waals surface area contributed by atoms with Gasteiger partial charge in [0.15, 0.2) is 5.69 Å². The van der Waals surface area contributed by atoms with Crippen LogP contribution in [-0.2, 0) is 30.6 Å². The molecule has 0 fully saturated rings. The summed E-state index contributed by atoms with van der Waals surface area (Å²) in [6.45, 7) is 2.75. The van der Waals surface area contributed by atoms with Gasteiger partial charge in [0, 0.05) is 24.7 Å². The Bertz CT molecular complexity index is 727. The molecule has 2 aromatic heterocycles. The molecule has 7 nitrogen and oxygen atoms in total. The minimum Gasteiger partial charge on any atom is -0.478 e. The van der Waals surface area contributed by atoms with E-state index in [1.54, 1.807) is 10.7 Å². The quantitative estimate of drug-likeness (QED) is 0.913. The number of halogens is 3. The number of nitrogens with zero attached hydrogens (tertiary/aromatic N) is 4. The van der Waals surface area contributed by atoms with Crippen LogP contribution in [0.1, 0.15) is 23.5 Å². The van der Waals surface area contributed by atoms with Crippen molar-refractivity contribution in [1.29, 1.82) is 0 Å². The molecule has 1 amide bonds. The second kappa shape index (κ2) is 6.17. The van der Waals surface area contributed by atoms with Crippen LogP contribution in [0, 0.1) is 6.92 Å². The summed E-state index contributed by atoms with van der Waals surface area (Å²) in [5, 5.41) is 10.3. The monoisotopic (exact) mass is 343 g/mol. The van der Waals surface area contributed by atoms with Gasteiger partial charge in [-0.15, -0.1) is 0 Å². The highest BCUT2D eigenvalue weighted by atomic mass is 19.4. The molecule has 3 rings (SSSR count). The summed E-state index contributed by atoms with van der Waals surface area (Å²) in [6, 6.07) is 2.65. The number of carbonyl (C=O) groups is 1. The van der Waals surface area contributed by atoms with Gasteiger partial charge in [0.25, 0.3) is 0 Å². The highest BCUT2D eigenvalue weighted by Crippen LogP contribution is 2.28. The van der Waals surface area contributed by atoms with E-state index >= 15 is 0 Å². The second-order valence-corrected chi connectivity index (χ2v) is 5.50. The molecular weight excluding hydrogens is 327 g/mol. The zero-order valence-corrected chi connectivity index (χ0v) is 12.9. The van der Waals surface area contributed by atoms with Gasteiger partial charge in [-0.2, -0.15) is 23.4 Å². The summed E-state index contributed by atoms with van der Waals surface area (Å²) in [7, 11) is 0. The molecule has 0 aliphatic carbocycles. The molecule has 1 N–H and O–H groups in total. The standard InChI is InChI=1S/C14H16F3N5O2/c1-9-5-11(14(15,16)17)20-22(9)8-12(23)18-7-10-6-13-21(19-10)3-2-4-24-13/h5-6H,2-4,7-8H2,1H3,(H,18,23). The lowest BCUT2D eigenvalue weighted by Crippen LogP contribution is -2.28. The summed E-state index contributed by atoms with van der Waals surface area (Å²) in [4.78, 5) is 11.9. The minimum atomic E-state index is -4.53. The van der Waals surface area contributed by atoms with Crippen LogP contribution < -0.4 is 10.1 Å². The van der Waals surface area contributed by atoms with Gasteiger partial charge in [-0.3, -0.25) is 9.48 Å². The predicted molar refractivity (Wildman–Crippen MR) is 76.2 cm³/mol. The first-order chi connectivity index (χ1) is 11.3. The van der Waals surface area contributed by atoms with Crippen LogP contribution in [0.25, 0.3) is 0 Å². The average molecular weight is 343 g/mol. The zero-order valence-electron chi connectivity index (χ0n) is 12.9. The van der Waals surface area contributed by atoms with Gasteiger partial charge < -0.3 is 10.1 Å². The van der Waals surface area contributed by atoms with E-state index in [4.69, 9.17) is 4.74 Å². The van der Waals surface area contributed by atoms with Crippen LogP contribution in [0.5, 0.6) is 5.88 Å². The van der Waals surface area contributed by atoms with Crippen molar-refractivity contribution >= 4 is 5.91 Å². The van der Waals surface area contributed by atoms with E-state index < -0.39 is 17.8 Å². The number of aryl methyl sites for hydroxylation is 2. The van der Waals surface area contributed by atoms with E-state index in [-0.39, 0.29) is 18.8 Å². The van der Waals surface area contributed by atoms with E-state index in [9.17, 15) is 18.0 Å². The fourth-order valence-electron chi connectivity index (χ4n) is 2.39. The fourth-order valence-corrected chi connectivity index (χ4v) is 2.39. The smallest absolute Gasteiger partial charge is 0.435 e. The number of hydrogen-bond donors (Lipinski definition) is 1. The average Bonchev–Trinajstić information content (AvgIpc) is 3.08. The third-order valence-electron chi connectivity index (χ3n) is 3.59. The molecule has 0 saturated carbocycles. The van der Waals surface area contributed by atoms with E-state index in [1.165, 1.54) is 6.92 Å². The van der Waals surface area contributed by atoms with Gasteiger partial charge in [0.2, 0.25) is 11.8 Å². The molecule has 1 aliphatic heterocycles. The molecule has 10 heteroatoms. The molecular formula is C14H16F3N5O2. The maximum Gasteiger partial charge on any atom is 0.435 e. The Hall–Kier alpha value is -2.52. The van der Waals surface area contributed by atoms with Crippen LogP contribution in [-0.4, -0.2) is 32.1 Å². The molecule has 1 aliphatic rings. The molecule has 130 valence electrons. The Morgan fingerprint density at radius 1 is 1.38 bits per heavy atom. The van der Waals surface area contributed by atoms with Gasteiger partial charge in [-0.25, -0.2) is 4.68 Å². The topological polar surface area (TPSA) is 74.0 Å². The van der Waals surface area contributed by atoms with Crippen molar-refractivity contribution in [2.24, 2.45) is 0 Å². The minimum absolute atomic E-state index is 0.175. The number of hydrogen-bond acceptors (Lipinski definition) is 4. The van der Waals surface area contributed by atoms with Crippen LogP contribution in [0.2, 0.25) is 0 Å². The molecule has 0 unspecified atom stereocenters. The van der Waals surface area contributed by atoms with Gasteiger partial charge in [-0.1, -0.05) is 0 Å². The van der Waals surface area contributed by atoms with Crippen molar-refractivity contribution in [3.8, 4) is 5.88 Å². The summed E-state index contributed by atoms with van der Waals surface area (Å²) in [6.07, 6.45) is -3.65. The number of rotatable bonds is 4. The van der Waals surface area contributed by atoms with E-state index in [2.05, 4.69) is 15.5 Å². The first-order valence-corrected chi connectivity index (χ1v) is 7.41. The molecule has 0 saturated heterocycles. The second-order valence-electron chi connectivity index (χ2n) is 5.50. The number of aromatic nitrogens is 4. The van der Waals surface area contributed by atoms with Crippen molar-refractivity contribution in [2.75, 3.05) is 6.61 Å². The van der Waals surface area contributed by atoms with Crippen LogP contribution in [0.15, 0.2) is 12.1 Å². The van der Waals surface area contributed by atoms with Crippen molar-refractivity contribution < 1.29 is 22.7 Å². The Labute approximate surface area is 135 Å². The Morgan fingerprint density at radius 2 is 2.17 bits per heavy atom. The molecule has 0 radical (unpaired) electrons. The van der Waals surface area contributed by atoms with Crippen molar-refractivity contribution in [3.05, 3.63) is 29.2 Å². The van der Waals surface area contributed by atoms with E-state index in [0.717, 1.165) is 23.7 Å². The van der Waals surface area contributed by atoms with Gasteiger partial charge in [0.1, 0.15) is 6.54 Å². The van der Waals surface area contributed by atoms with E-state index in [0.29, 0.717) is 18.2 Å². The van der Waals surface area contributed by atoms with Crippen molar-refractivity contribution in [2.45, 2.75) is 39.2 Å². The van der Waals surface area contributed by atoms with E-state index in [1.807, 2.05) is 0 Å². The molecule has 0 bridgehead atoms. The maximum atomic E-state index is 12.6. The van der Waals surface area contributed by atoms with Crippen molar-refractivity contribution in [1.82, 2.24) is 24.9 Å². The number of carbonyl (C=O) groups excluding carboxylic acids is 1. The summed E-state index contributed by atoms with van der Waals surface area (Å²) >= 11 is 0. The Morgan fingerprint density at radius 3 is 2.83 bits per heavy atom. The summed E-state index contributed by atoms with van der Waals surface area (Å²) < 4.78 is 46.0. The Balaban J connectivity index is 1.58. The largest absolute Gasteiger partial charge is 0.478 e. The molecule has 0 atom stereocenters.